The van der Waals surface area contributed by atoms with Crippen LogP contribution in [0.5, 0.6) is 0 Å². The van der Waals surface area contributed by atoms with Crippen LogP contribution in [0, 0.1) is 0 Å². The number of ether oxygens (including phenoxy) is 1. The molecule has 0 saturated heterocycles. The first-order valence-electron chi connectivity index (χ1n) is 5.31. The van der Waals surface area contributed by atoms with Crippen molar-refractivity contribution >= 4 is 5.97 Å². The molecule has 0 N–H and O–H groups in total. The normalized spacial score (nSPS) is 10.8. The molecule has 2 aromatic rings. The molecule has 18 heavy (non-hydrogen) atoms. The van der Waals surface area contributed by atoms with Gasteiger partial charge < -0.3 is 13.7 Å². The van der Waals surface area contributed by atoms with Gasteiger partial charge in [0.05, 0.1) is 26.5 Å². The van der Waals surface area contributed by atoms with E-state index in [9.17, 15) is 4.79 Å². The molecule has 0 aromatic carbocycles. The molecule has 2 rings (SSSR count). The molecular formula is C11H13N3O4. The van der Waals surface area contributed by atoms with Gasteiger partial charge in [-0.2, -0.15) is 4.98 Å². The molecule has 0 fully saturated rings. The van der Waals surface area contributed by atoms with Gasteiger partial charge in [0.25, 0.3) is 5.89 Å². The molecule has 0 saturated carbocycles. The molecule has 0 aliphatic carbocycles. The predicted octanol–water partition coefficient (Wildman–Crippen LogP) is 0.934. The minimum absolute atomic E-state index is 0.168. The molecule has 2 heterocycles. The summed E-state index contributed by atoms with van der Waals surface area (Å²) in [7, 11) is 3.11. The number of carbonyl (C=O) groups is 1. The van der Waals surface area contributed by atoms with Gasteiger partial charge in [-0.05, 0) is 19.2 Å². The highest BCUT2D eigenvalue weighted by Crippen LogP contribution is 2.17. The number of aromatic nitrogens is 2. The topological polar surface area (TPSA) is 81.6 Å². The SMILES string of the molecule is COC(=O)CN(C)Cc1noc(-c2ccco2)n1. The van der Waals surface area contributed by atoms with Gasteiger partial charge in [0.2, 0.25) is 0 Å². The lowest BCUT2D eigenvalue weighted by Gasteiger charge is -2.11. The summed E-state index contributed by atoms with van der Waals surface area (Å²) in [5.74, 6) is 1.01. The number of likely N-dealkylation sites (N-methyl/N-ethyl adjacent to an activating group) is 1. The number of carbonyl (C=O) groups excluding carboxylic acids is 1. The van der Waals surface area contributed by atoms with E-state index in [-0.39, 0.29) is 12.5 Å². The monoisotopic (exact) mass is 251 g/mol. The van der Waals surface area contributed by atoms with Crippen molar-refractivity contribution in [3.05, 3.63) is 24.2 Å². The maximum Gasteiger partial charge on any atom is 0.319 e. The lowest BCUT2D eigenvalue weighted by atomic mass is 10.4. The van der Waals surface area contributed by atoms with Gasteiger partial charge in [0.15, 0.2) is 11.6 Å². The highest BCUT2D eigenvalue weighted by atomic mass is 16.5. The van der Waals surface area contributed by atoms with Gasteiger partial charge in [-0.1, -0.05) is 5.16 Å². The van der Waals surface area contributed by atoms with E-state index in [1.807, 2.05) is 0 Å². The summed E-state index contributed by atoms with van der Waals surface area (Å²) in [5, 5.41) is 3.81. The van der Waals surface area contributed by atoms with Crippen molar-refractivity contribution in [2.75, 3.05) is 20.7 Å². The summed E-state index contributed by atoms with van der Waals surface area (Å²) in [6.07, 6.45) is 1.53. The van der Waals surface area contributed by atoms with Crippen molar-refractivity contribution in [1.29, 1.82) is 0 Å². The molecule has 0 atom stereocenters. The summed E-state index contributed by atoms with van der Waals surface area (Å²) >= 11 is 0. The molecule has 0 spiro atoms. The van der Waals surface area contributed by atoms with Crippen molar-refractivity contribution in [1.82, 2.24) is 15.0 Å². The zero-order valence-corrected chi connectivity index (χ0v) is 10.1. The van der Waals surface area contributed by atoms with Gasteiger partial charge in [-0.25, -0.2) is 0 Å². The Morgan fingerprint density at radius 1 is 1.56 bits per heavy atom. The van der Waals surface area contributed by atoms with Crippen LogP contribution in [0.3, 0.4) is 0 Å². The lowest BCUT2D eigenvalue weighted by Crippen LogP contribution is -2.26. The molecule has 7 nitrogen and oxygen atoms in total. The zero-order chi connectivity index (χ0) is 13.0. The van der Waals surface area contributed by atoms with E-state index < -0.39 is 0 Å². The Morgan fingerprint density at radius 2 is 2.39 bits per heavy atom. The molecule has 2 aromatic heterocycles. The van der Waals surface area contributed by atoms with Crippen molar-refractivity contribution < 1.29 is 18.5 Å². The summed E-state index contributed by atoms with van der Waals surface area (Å²) < 4.78 is 14.7. The highest BCUT2D eigenvalue weighted by Gasteiger charge is 2.14. The van der Waals surface area contributed by atoms with Crippen LogP contribution in [0.25, 0.3) is 11.7 Å². The van der Waals surface area contributed by atoms with Gasteiger partial charge in [0, 0.05) is 0 Å². The second-order valence-electron chi connectivity index (χ2n) is 3.74. The minimum atomic E-state index is -0.313. The third-order valence-corrected chi connectivity index (χ3v) is 2.24. The fraction of sp³-hybridized carbons (Fsp3) is 0.364. The number of hydrogen-bond donors (Lipinski definition) is 0. The van der Waals surface area contributed by atoms with Crippen molar-refractivity contribution in [2.24, 2.45) is 0 Å². The van der Waals surface area contributed by atoms with E-state index in [0.29, 0.717) is 24.0 Å². The number of hydrogen-bond acceptors (Lipinski definition) is 7. The Kier molecular flexibility index (Phi) is 3.73. The van der Waals surface area contributed by atoms with Crippen molar-refractivity contribution in [2.45, 2.75) is 6.54 Å². The predicted molar refractivity (Wildman–Crippen MR) is 60.4 cm³/mol. The summed E-state index contributed by atoms with van der Waals surface area (Å²) in [6.45, 7) is 0.556. The van der Waals surface area contributed by atoms with Crippen LogP contribution in [0.1, 0.15) is 5.82 Å². The second kappa shape index (κ2) is 5.46. The van der Waals surface area contributed by atoms with Crippen LogP contribution in [-0.2, 0) is 16.1 Å². The van der Waals surface area contributed by atoms with E-state index in [2.05, 4.69) is 14.9 Å². The summed E-state index contributed by atoms with van der Waals surface area (Å²) in [4.78, 5) is 16.9. The van der Waals surface area contributed by atoms with E-state index in [4.69, 9.17) is 8.94 Å². The third-order valence-electron chi connectivity index (χ3n) is 2.24. The summed E-state index contributed by atoms with van der Waals surface area (Å²) in [5.41, 5.74) is 0. The fourth-order valence-corrected chi connectivity index (χ4v) is 1.40. The Hall–Kier alpha value is -2.15. The van der Waals surface area contributed by atoms with Crippen LogP contribution in [0.4, 0.5) is 0 Å². The zero-order valence-electron chi connectivity index (χ0n) is 10.1. The molecule has 0 bridgehead atoms. The molecule has 0 unspecified atom stereocenters. The molecule has 0 radical (unpaired) electrons. The number of nitrogens with zero attached hydrogens (tertiary/aromatic N) is 3. The Bertz CT molecular complexity index is 506. The molecule has 96 valence electrons. The van der Waals surface area contributed by atoms with Crippen molar-refractivity contribution in [3.63, 3.8) is 0 Å². The van der Waals surface area contributed by atoms with Crippen LogP contribution in [0.2, 0.25) is 0 Å². The van der Waals surface area contributed by atoms with E-state index in [0.717, 1.165) is 0 Å². The maximum absolute atomic E-state index is 11.1. The maximum atomic E-state index is 11.1. The first-order valence-corrected chi connectivity index (χ1v) is 5.31. The highest BCUT2D eigenvalue weighted by molar-refractivity contribution is 5.71. The lowest BCUT2D eigenvalue weighted by molar-refractivity contribution is -0.141. The number of furan rings is 1. The fourth-order valence-electron chi connectivity index (χ4n) is 1.40. The van der Waals surface area contributed by atoms with E-state index in [1.54, 1.807) is 24.1 Å². The van der Waals surface area contributed by atoms with Crippen LogP contribution in [-0.4, -0.2) is 41.7 Å². The van der Waals surface area contributed by atoms with Gasteiger partial charge >= 0.3 is 5.97 Å². The van der Waals surface area contributed by atoms with Gasteiger partial charge in [-0.3, -0.25) is 9.69 Å². The standard InChI is InChI=1S/C11H13N3O4/c1-14(7-10(15)16-2)6-9-12-11(18-13-9)8-4-3-5-17-8/h3-5H,6-7H2,1-2H3. The molecule has 0 aliphatic rings. The smallest absolute Gasteiger partial charge is 0.319 e. The molecule has 0 amide bonds. The van der Waals surface area contributed by atoms with Crippen LogP contribution >= 0.6 is 0 Å². The number of rotatable bonds is 5. The van der Waals surface area contributed by atoms with E-state index >= 15 is 0 Å². The first kappa shape index (κ1) is 12.3. The Labute approximate surface area is 103 Å². The van der Waals surface area contributed by atoms with Crippen molar-refractivity contribution in [3.8, 4) is 11.7 Å². The van der Waals surface area contributed by atoms with Gasteiger partial charge in [-0.15, -0.1) is 0 Å². The third kappa shape index (κ3) is 2.95. The Balaban J connectivity index is 1.96. The largest absolute Gasteiger partial charge is 0.468 e. The first-order chi connectivity index (χ1) is 8.69. The molecule has 7 heteroatoms. The second-order valence-corrected chi connectivity index (χ2v) is 3.74. The number of esters is 1. The number of methoxy groups -OCH3 is 1. The average molecular weight is 251 g/mol. The van der Waals surface area contributed by atoms with E-state index in [1.165, 1.54) is 13.4 Å². The van der Waals surface area contributed by atoms with Crippen LogP contribution < -0.4 is 0 Å². The van der Waals surface area contributed by atoms with Gasteiger partial charge in [0.1, 0.15) is 0 Å². The minimum Gasteiger partial charge on any atom is -0.468 e. The summed E-state index contributed by atoms with van der Waals surface area (Å²) in [6, 6.07) is 3.47. The Morgan fingerprint density at radius 3 is 3.06 bits per heavy atom. The van der Waals surface area contributed by atoms with Crippen LogP contribution in [0.15, 0.2) is 27.3 Å². The molecule has 0 aliphatic heterocycles. The molecular weight excluding hydrogens is 238 g/mol. The quantitative estimate of drug-likeness (QED) is 0.731. The average Bonchev–Trinajstić information content (AvgIpc) is 2.98.